The number of aromatic nitrogens is 2. The smallest absolute Gasteiger partial charge is 0.143 e. The standard InChI is InChI=1S/C21H18FN3S/c1-12-8-13(2)10-17(9-12)25-20-19-18(15-4-6-16(22)7-5-15)14(3)26-21(19)24-11-23-20/h4-11H,1-3H3,(H,23,24,25). The van der Waals surface area contributed by atoms with Crippen LogP contribution in [0.25, 0.3) is 21.3 Å². The highest BCUT2D eigenvalue weighted by molar-refractivity contribution is 7.19. The van der Waals surface area contributed by atoms with Gasteiger partial charge in [0.15, 0.2) is 0 Å². The minimum Gasteiger partial charge on any atom is -0.340 e. The Bertz CT molecular complexity index is 1080. The van der Waals surface area contributed by atoms with E-state index in [-0.39, 0.29) is 5.82 Å². The molecule has 3 nitrogen and oxygen atoms in total. The van der Waals surface area contributed by atoms with E-state index in [9.17, 15) is 4.39 Å². The highest BCUT2D eigenvalue weighted by Crippen LogP contribution is 2.41. The van der Waals surface area contributed by atoms with Crippen molar-refractivity contribution in [3.8, 4) is 11.1 Å². The van der Waals surface area contributed by atoms with E-state index in [1.807, 2.05) is 0 Å². The van der Waals surface area contributed by atoms with Gasteiger partial charge in [-0.1, -0.05) is 18.2 Å². The number of nitrogens with one attached hydrogen (secondary N) is 1. The second kappa shape index (κ2) is 6.50. The van der Waals surface area contributed by atoms with Crippen molar-refractivity contribution in [3.05, 3.63) is 70.6 Å². The Morgan fingerprint density at radius 2 is 1.62 bits per heavy atom. The van der Waals surface area contributed by atoms with Crippen molar-refractivity contribution in [2.75, 3.05) is 5.32 Å². The van der Waals surface area contributed by atoms with E-state index < -0.39 is 0 Å². The van der Waals surface area contributed by atoms with Gasteiger partial charge in [-0.25, -0.2) is 14.4 Å². The Kier molecular flexibility index (Phi) is 4.17. The van der Waals surface area contributed by atoms with Crippen LogP contribution in [-0.4, -0.2) is 9.97 Å². The molecular weight excluding hydrogens is 345 g/mol. The Balaban J connectivity index is 1.89. The molecule has 0 fully saturated rings. The van der Waals surface area contributed by atoms with Crippen molar-refractivity contribution >= 4 is 33.1 Å². The predicted octanol–water partition coefficient (Wildman–Crippen LogP) is 6.17. The largest absolute Gasteiger partial charge is 0.340 e. The van der Waals surface area contributed by atoms with E-state index in [0.717, 1.165) is 37.7 Å². The van der Waals surface area contributed by atoms with Gasteiger partial charge in [-0.2, -0.15) is 0 Å². The number of benzene rings is 2. The summed E-state index contributed by atoms with van der Waals surface area (Å²) in [6.07, 6.45) is 1.58. The van der Waals surface area contributed by atoms with Crippen molar-refractivity contribution < 1.29 is 4.39 Å². The second-order valence-electron chi connectivity index (χ2n) is 6.44. The summed E-state index contributed by atoms with van der Waals surface area (Å²) in [5, 5.41) is 4.42. The number of hydrogen-bond acceptors (Lipinski definition) is 4. The van der Waals surface area contributed by atoms with Crippen LogP contribution < -0.4 is 5.32 Å². The molecular formula is C21H18FN3S. The van der Waals surface area contributed by atoms with Crippen molar-refractivity contribution in [1.82, 2.24) is 9.97 Å². The average Bonchev–Trinajstić information content (AvgIpc) is 2.92. The van der Waals surface area contributed by atoms with Crippen LogP contribution in [0.4, 0.5) is 15.9 Å². The summed E-state index contributed by atoms with van der Waals surface area (Å²) < 4.78 is 13.4. The van der Waals surface area contributed by atoms with E-state index in [0.29, 0.717) is 0 Å². The van der Waals surface area contributed by atoms with Gasteiger partial charge in [-0.15, -0.1) is 11.3 Å². The molecule has 0 atom stereocenters. The van der Waals surface area contributed by atoms with Gasteiger partial charge in [0.05, 0.1) is 5.39 Å². The van der Waals surface area contributed by atoms with Crippen LogP contribution in [0, 0.1) is 26.6 Å². The fourth-order valence-corrected chi connectivity index (χ4v) is 4.30. The quantitative estimate of drug-likeness (QED) is 0.473. The normalized spacial score (nSPS) is 11.1. The van der Waals surface area contributed by atoms with Gasteiger partial charge >= 0.3 is 0 Å². The Morgan fingerprint density at radius 3 is 2.31 bits per heavy atom. The fourth-order valence-electron chi connectivity index (χ4n) is 3.29. The third kappa shape index (κ3) is 3.06. The molecule has 0 saturated carbocycles. The molecule has 0 aliphatic heterocycles. The third-order valence-corrected chi connectivity index (χ3v) is 5.29. The summed E-state index contributed by atoms with van der Waals surface area (Å²) in [5.41, 5.74) is 5.40. The minimum atomic E-state index is -0.240. The topological polar surface area (TPSA) is 37.8 Å². The molecule has 26 heavy (non-hydrogen) atoms. The molecule has 2 heterocycles. The maximum atomic E-state index is 13.4. The van der Waals surface area contributed by atoms with Gasteiger partial charge in [-0.3, -0.25) is 0 Å². The molecule has 0 bridgehead atoms. The Labute approximate surface area is 155 Å². The average molecular weight is 363 g/mol. The zero-order valence-electron chi connectivity index (χ0n) is 14.8. The Morgan fingerprint density at radius 1 is 0.923 bits per heavy atom. The van der Waals surface area contributed by atoms with E-state index in [2.05, 4.69) is 54.3 Å². The number of rotatable bonds is 3. The van der Waals surface area contributed by atoms with Crippen LogP contribution in [-0.2, 0) is 0 Å². The summed E-state index contributed by atoms with van der Waals surface area (Å²) in [4.78, 5) is 11.0. The van der Waals surface area contributed by atoms with Gasteiger partial charge in [0.1, 0.15) is 22.8 Å². The Hall–Kier alpha value is -2.79. The van der Waals surface area contributed by atoms with E-state index in [1.54, 1.807) is 29.8 Å². The van der Waals surface area contributed by atoms with Crippen LogP contribution in [0.1, 0.15) is 16.0 Å². The summed E-state index contributed by atoms with van der Waals surface area (Å²) in [6, 6.07) is 12.9. The van der Waals surface area contributed by atoms with E-state index >= 15 is 0 Å². The van der Waals surface area contributed by atoms with E-state index in [4.69, 9.17) is 0 Å². The zero-order chi connectivity index (χ0) is 18.3. The first-order chi connectivity index (χ1) is 12.5. The summed E-state index contributed by atoms with van der Waals surface area (Å²) in [5.74, 6) is 0.527. The lowest BCUT2D eigenvalue weighted by atomic mass is 10.0. The molecule has 5 heteroatoms. The first kappa shape index (κ1) is 16.7. The van der Waals surface area contributed by atoms with Crippen LogP contribution in [0.15, 0.2) is 48.8 Å². The highest BCUT2D eigenvalue weighted by Gasteiger charge is 2.17. The van der Waals surface area contributed by atoms with Gasteiger partial charge in [0, 0.05) is 16.1 Å². The first-order valence-electron chi connectivity index (χ1n) is 8.36. The molecule has 0 aliphatic rings. The molecule has 0 amide bonds. The lowest BCUT2D eigenvalue weighted by Crippen LogP contribution is -1.96. The monoisotopic (exact) mass is 363 g/mol. The van der Waals surface area contributed by atoms with Crippen molar-refractivity contribution in [3.63, 3.8) is 0 Å². The molecule has 0 spiro atoms. The van der Waals surface area contributed by atoms with Crippen LogP contribution in [0.5, 0.6) is 0 Å². The number of anilines is 2. The summed E-state index contributed by atoms with van der Waals surface area (Å²) in [6.45, 7) is 6.21. The number of aryl methyl sites for hydroxylation is 3. The van der Waals surface area contributed by atoms with Crippen molar-refractivity contribution in [2.24, 2.45) is 0 Å². The second-order valence-corrected chi connectivity index (χ2v) is 7.65. The summed E-state index contributed by atoms with van der Waals surface area (Å²) in [7, 11) is 0. The van der Waals surface area contributed by atoms with E-state index in [1.165, 1.54) is 23.3 Å². The molecule has 0 unspecified atom stereocenters. The lowest BCUT2D eigenvalue weighted by Gasteiger charge is -2.10. The molecule has 4 rings (SSSR count). The maximum absolute atomic E-state index is 13.4. The number of thiophene rings is 1. The van der Waals surface area contributed by atoms with Crippen LogP contribution >= 0.6 is 11.3 Å². The minimum absolute atomic E-state index is 0.240. The SMILES string of the molecule is Cc1cc(C)cc(Nc2ncnc3sc(C)c(-c4ccc(F)cc4)c23)c1. The van der Waals surface area contributed by atoms with Gasteiger partial charge < -0.3 is 5.32 Å². The molecule has 0 saturated heterocycles. The van der Waals surface area contributed by atoms with Gasteiger partial charge in [0.2, 0.25) is 0 Å². The number of halogens is 1. The third-order valence-electron chi connectivity index (χ3n) is 4.28. The van der Waals surface area contributed by atoms with Crippen LogP contribution in [0.3, 0.4) is 0 Å². The number of fused-ring (bicyclic) bond motifs is 1. The number of hydrogen-bond donors (Lipinski definition) is 1. The van der Waals surface area contributed by atoms with Gasteiger partial charge in [0.25, 0.3) is 0 Å². The molecule has 1 N–H and O–H groups in total. The summed E-state index contributed by atoms with van der Waals surface area (Å²) >= 11 is 1.62. The first-order valence-corrected chi connectivity index (χ1v) is 9.18. The van der Waals surface area contributed by atoms with Crippen molar-refractivity contribution in [1.29, 1.82) is 0 Å². The zero-order valence-corrected chi connectivity index (χ0v) is 15.6. The molecule has 0 radical (unpaired) electrons. The maximum Gasteiger partial charge on any atom is 0.143 e. The van der Waals surface area contributed by atoms with Crippen LogP contribution in [0.2, 0.25) is 0 Å². The van der Waals surface area contributed by atoms with Crippen molar-refractivity contribution in [2.45, 2.75) is 20.8 Å². The highest BCUT2D eigenvalue weighted by atomic mass is 32.1. The molecule has 4 aromatic rings. The lowest BCUT2D eigenvalue weighted by molar-refractivity contribution is 0.628. The van der Waals surface area contributed by atoms with Gasteiger partial charge in [-0.05, 0) is 61.7 Å². The molecule has 2 aromatic carbocycles. The molecule has 2 aromatic heterocycles. The molecule has 130 valence electrons. The number of nitrogens with zero attached hydrogens (tertiary/aromatic N) is 2. The predicted molar refractivity (Wildman–Crippen MR) is 107 cm³/mol. The molecule has 0 aliphatic carbocycles. The fraction of sp³-hybridized carbons (Fsp3) is 0.143.